The second-order valence-corrected chi connectivity index (χ2v) is 2.84. The van der Waals surface area contributed by atoms with Gasteiger partial charge >= 0.3 is 6.18 Å². The quantitative estimate of drug-likeness (QED) is 0.654. The topological polar surface area (TPSA) is 12.9 Å². The van der Waals surface area contributed by atoms with Crippen LogP contribution in [0.2, 0.25) is 5.02 Å². The van der Waals surface area contributed by atoms with Crippen molar-refractivity contribution >= 4 is 24.2 Å². The maximum absolute atomic E-state index is 12.1. The van der Waals surface area contributed by atoms with E-state index in [1.165, 1.54) is 6.07 Å². The van der Waals surface area contributed by atoms with E-state index >= 15 is 0 Å². The average molecular weight is 214 g/mol. The molecule has 0 saturated heterocycles. The van der Waals surface area contributed by atoms with Crippen LogP contribution >= 0.6 is 24.2 Å². The summed E-state index contributed by atoms with van der Waals surface area (Å²) in [6.07, 6.45) is -3.51. The molecule has 0 saturated carbocycles. The maximum atomic E-state index is 12.1. The summed E-state index contributed by atoms with van der Waals surface area (Å²) in [5.41, 5.74) is -1.06. The fraction of sp³-hybridized carbons (Fsp3) is 0.167. The average Bonchev–Trinajstić information content (AvgIpc) is 1.92. The first-order chi connectivity index (χ1) is 5.43. The molecule has 0 spiro atoms. The Morgan fingerprint density at radius 1 is 1.42 bits per heavy atom. The Morgan fingerprint density at radius 2 is 2.00 bits per heavy atom. The second kappa shape index (κ2) is 3.14. The number of rotatable bonds is 0. The van der Waals surface area contributed by atoms with Gasteiger partial charge in [-0.2, -0.15) is 13.2 Å². The zero-order valence-electron chi connectivity index (χ0n) is 5.56. The van der Waals surface area contributed by atoms with Gasteiger partial charge in [-0.25, -0.2) is 0 Å². The normalized spacial score (nSPS) is 11.8. The molecule has 1 aromatic heterocycles. The summed E-state index contributed by atoms with van der Waals surface area (Å²) < 4.78 is 36.2. The van der Waals surface area contributed by atoms with Crippen LogP contribution in [-0.4, -0.2) is 4.98 Å². The van der Waals surface area contributed by atoms with Crippen LogP contribution in [-0.2, 0) is 6.18 Å². The lowest BCUT2D eigenvalue weighted by Gasteiger charge is -2.08. The molecule has 0 aliphatic rings. The second-order valence-electron chi connectivity index (χ2n) is 1.99. The Labute approximate surface area is 77.0 Å². The largest absolute Gasteiger partial charge is 0.434 e. The molecule has 0 N–H and O–H groups in total. The van der Waals surface area contributed by atoms with Gasteiger partial charge in [0.15, 0.2) is 5.69 Å². The van der Waals surface area contributed by atoms with E-state index in [-0.39, 0.29) is 9.92 Å². The first-order valence-electron chi connectivity index (χ1n) is 2.83. The molecule has 6 heteroatoms. The molecule has 12 heavy (non-hydrogen) atoms. The van der Waals surface area contributed by atoms with E-state index in [2.05, 4.69) is 17.6 Å². The van der Waals surface area contributed by atoms with Crippen molar-refractivity contribution in [2.24, 2.45) is 0 Å². The molecule has 0 aliphatic carbocycles. The molecule has 66 valence electrons. The summed E-state index contributed by atoms with van der Waals surface area (Å²) in [6, 6.07) is 1.25. The Bertz CT molecular complexity index is 299. The Hall–Kier alpha value is -0.420. The highest BCUT2D eigenvalue weighted by molar-refractivity contribution is 7.80. The first-order valence-corrected chi connectivity index (χ1v) is 3.66. The SMILES string of the molecule is FC(F)(F)c1nccc(Cl)c1S. The zero-order valence-corrected chi connectivity index (χ0v) is 7.21. The molecule has 0 amide bonds. The molecule has 1 nitrogen and oxygen atoms in total. The molecule has 0 atom stereocenters. The van der Waals surface area contributed by atoms with Crippen LogP contribution in [0, 0.1) is 0 Å². The number of hydrogen-bond acceptors (Lipinski definition) is 2. The molecule has 0 bridgehead atoms. The molecular formula is C6H3ClF3NS. The number of alkyl halides is 3. The lowest BCUT2D eigenvalue weighted by Crippen LogP contribution is -2.08. The summed E-state index contributed by atoms with van der Waals surface area (Å²) in [6.45, 7) is 0. The fourth-order valence-electron chi connectivity index (χ4n) is 0.638. The zero-order chi connectivity index (χ0) is 9.35. The number of halogens is 4. The van der Waals surface area contributed by atoms with Crippen LogP contribution in [0.4, 0.5) is 13.2 Å². The fourth-order valence-corrected chi connectivity index (χ4v) is 1.04. The minimum Gasteiger partial charge on any atom is -0.251 e. The molecule has 0 aliphatic heterocycles. The summed E-state index contributed by atoms with van der Waals surface area (Å²) in [5, 5.41) is -0.0549. The van der Waals surface area contributed by atoms with Crippen LogP contribution in [0.25, 0.3) is 0 Å². The van der Waals surface area contributed by atoms with Crippen molar-refractivity contribution in [1.29, 1.82) is 0 Å². The van der Waals surface area contributed by atoms with Gasteiger partial charge in [0.05, 0.1) is 9.92 Å². The van der Waals surface area contributed by atoms with Crippen molar-refractivity contribution in [2.45, 2.75) is 11.1 Å². The molecule has 1 aromatic rings. The van der Waals surface area contributed by atoms with Gasteiger partial charge in [0.25, 0.3) is 0 Å². The Morgan fingerprint density at radius 3 is 2.42 bits per heavy atom. The van der Waals surface area contributed by atoms with Gasteiger partial charge in [0.1, 0.15) is 0 Å². The summed E-state index contributed by atoms with van der Waals surface area (Å²) >= 11 is 8.99. The number of hydrogen-bond donors (Lipinski definition) is 1. The van der Waals surface area contributed by atoms with E-state index in [1.54, 1.807) is 0 Å². The van der Waals surface area contributed by atoms with Crippen LogP contribution in [0.15, 0.2) is 17.2 Å². The Kier molecular flexibility index (Phi) is 2.53. The van der Waals surface area contributed by atoms with Crippen molar-refractivity contribution in [3.8, 4) is 0 Å². The first kappa shape index (κ1) is 9.67. The lowest BCUT2D eigenvalue weighted by atomic mass is 10.3. The standard InChI is InChI=1S/C6H3ClF3NS/c7-3-1-2-11-5(4(3)12)6(8,9)10/h1-2,12H. The smallest absolute Gasteiger partial charge is 0.251 e. The number of nitrogens with zero attached hydrogens (tertiary/aromatic N) is 1. The molecule has 0 fully saturated rings. The van der Waals surface area contributed by atoms with E-state index in [4.69, 9.17) is 11.6 Å². The van der Waals surface area contributed by atoms with Gasteiger partial charge < -0.3 is 0 Å². The third kappa shape index (κ3) is 1.84. The molecule has 1 heterocycles. The summed E-state index contributed by atoms with van der Waals surface area (Å²) in [7, 11) is 0. The van der Waals surface area contributed by atoms with E-state index in [1.807, 2.05) is 0 Å². The van der Waals surface area contributed by atoms with Crippen molar-refractivity contribution < 1.29 is 13.2 Å². The van der Waals surface area contributed by atoms with Gasteiger partial charge in [-0.1, -0.05) is 11.6 Å². The van der Waals surface area contributed by atoms with Crippen LogP contribution in [0.1, 0.15) is 5.69 Å². The third-order valence-corrected chi connectivity index (χ3v) is 2.04. The van der Waals surface area contributed by atoms with Crippen molar-refractivity contribution in [3.05, 3.63) is 23.0 Å². The highest BCUT2D eigenvalue weighted by Crippen LogP contribution is 2.34. The maximum Gasteiger partial charge on any atom is 0.434 e. The van der Waals surface area contributed by atoms with E-state index in [0.717, 1.165) is 6.20 Å². The molecule has 0 radical (unpaired) electrons. The van der Waals surface area contributed by atoms with Crippen molar-refractivity contribution in [1.82, 2.24) is 4.98 Å². The van der Waals surface area contributed by atoms with Crippen LogP contribution in [0.3, 0.4) is 0 Å². The van der Waals surface area contributed by atoms with E-state index in [0.29, 0.717) is 0 Å². The van der Waals surface area contributed by atoms with Gasteiger partial charge in [-0.15, -0.1) is 12.6 Å². The molecule has 0 aromatic carbocycles. The van der Waals surface area contributed by atoms with Gasteiger partial charge in [0.2, 0.25) is 0 Å². The summed E-state index contributed by atoms with van der Waals surface area (Å²) in [5.74, 6) is 0. The van der Waals surface area contributed by atoms with Crippen molar-refractivity contribution in [3.63, 3.8) is 0 Å². The van der Waals surface area contributed by atoms with Gasteiger partial charge in [0, 0.05) is 6.20 Å². The van der Waals surface area contributed by atoms with Crippen molar-refractivity contribution in [2.75, 3.05) is 0 Å². The molecular weight excluding hydrogens is 211 g/mol. The van der Waals surface area contributed by atoms with Gasteiger partial charge in [-0.05, 0) is 6.07 Å². The van der Waals surface area contributed by atoms with E-state index < -0.39 is 11.9 Å². The van der Waals surface area contributed by atoms with Crippen LogP contribution < -0.4 is 0 Å². The highest BCUT2D eigenvalue weighted by Gasteiger charge is 2.35. The number of pyridine rings is 1. The summed E-state index contributed by atoms with van der Waals surface area (Å²) in [4.78, 5) is 2.78. The predicted octanol–water partition coefficient (Wildman–Crippen LogP) is 3.04. The van der Waals surface area contributed by atoms with Gasteiger partial charge in [-0.3, -0.25) is 4.98 Å². The minimum atomic E-state index is -4.50. The third-order valence-electron chi connectivity index (χ3n) is 1.14. The molecule has 1 rings (SSSR count). The predicted molar refractivity (Wildman–Crippen MR) is 41.5 cm³/mol. The van der Waals surface area contributed by atoms with Crippen LogP contribution in [0.5, 0.6) is 0 Å². The monoisotopic (exact) mass is 213 g/mol. The highest BCUT2D eigenvalue weighted by atomic mass is 35.5. The minimum absolute atomic E-state index is 0.0549. The molecule has 0 unspecified atom stereocenters. The Balaban J connectivity index is 3.26. The number of aromatic nitrogens is 1. The van der Waals surface area contributed by atoms with E-state index in [9.17, 15) is 13.2 Å². The number of thiol groups is 1. The lowest BCUT2D eigenvalue weighted by molar-refractivity contribution is -0.143.